The number of ether oxygens (including phenoxy) is 8. The van der Waals surface area contributed by atoms with Crippen LogP contribution in [0.1, 0.15) is 72.2 Å². The van der Waals surface area contributed by atoms with E-state index in [0.29, 0.717) is 91.3 Å². The van der Waals surface area contributed by atoms with Crippen LogP contribution in [0.15, 0.2) is 60.7 Å². The molecule has 0 N–H and O–H groups in total. The number of rotatable bonds is 22. The number of non-ortho nitro benzene ring substituents is 2. The molecular weight excluding hydrogens is 748 g/mol. The zero-order chi connectivity index (χ0) is 41.3. The van der Waals surface area contributed by atoms with Gasteiger partial charge in [0.1, 0.15) is 49.4 Å². The summed E-state index contributed by atoms with van der Waals surface area (Å²) in [5.41, 5.74) is 5.04. The van der Waals surface area contributed by atoms with Crippen LogP contribution in [0.3, 0.4) is 0 Å². The molecule has 0 fully saturated rings. The van der Waals surface area contributed by atoms with Gasteiger partial charge < -0.3 is 37.9 Å². The third-order valence-electron chi connectivity index (χ3n) is 9.47. The summed E-state index contributed by atoms with van der Waals surface area (Å²) in [6.07, 6.45) is 0.858. The first-order valence-corrected chi connectivity index (χ1v) is 19.9. The second-order valence-corrected chi connectivity index (χ2v) is 13.4. The SMILES string of the molecule is CCOCCOc1c2cccc1Cc1cc([N+](=O)[O-])cc(c1OCCOCC)Cc1cc([N+](=O)[O-])cc(c1OCCOCC)Cc1cccc(c1OCCOCC)C2. The van der Waals surface area contributed by atoms with Crippen LogP contribution in [-0.4, -0.2) is 89.1 Å². The Kier molecular flexibility index (Phi) is 17.1. The Morgan fingerprint density at radius 2 is 0.655 bits per heavy atom. The first kappa shape index (κ1) is 43.8. The molecule has 0 aliphatic heterocycles. The van der Waals surface area contributed by atoms with E-state index in [9.17, 15) is 20.2 Å². The van der Waals surface area contributed by atoms with Crippen LogP contribution in [0.4, 0.5) is 11.4 Å². The maximum Gasteiger partial charge on any atom is 0.270 e. The third-order valence-corrected chi connectivity index (χ3v) is 9.47. The lowest BCUT2D eigenvalue weighted by molar-refractivity contribution is -0.385. The number of fused-ring (bicyclic) bond motifs is 8. The topological polar surface area (TPSA) is 160 Å². The molecule has 0 saturated carbocycles. The molecule has 1 aliphatic carbocycles. The second kappa shape index (κ2) is 22.6. The van der Waals surface area contributed by atoms with Crippen molar-refractivity contribution >= 4 is 11.4 Å². The first-order valence-electron chi connectivity index (χ1n) is 19.9. The van der Waals surface area contributed by atoms with Gasteiger partial charge in [-0.2, -0.15) is 0 Å². The van der Waals surface area contributed by atoms with Gasteiger partial charge in [0, 0.05) is 98.6 Å². The van der Waals surface area contributed by atoms with Crippen LogP contribution >= 0.6 is 0 Å². The predicted molar refractivity (Wildman–Crippen MR) is 218 cm³/mol. The Labute approximate surface area is 339 Å². The Bertz CT molecular complexity index is 1850. The molecule has 0 unspecified atom stereocenters. The van der Waals surface area contributed by atoms with Crippen molar-refractivity contribution < 1.29 is 47.7 Å². The first-order chi connectivity index (χ1) is 28.3. The van der Waals surface area contributed by atoms with E-state index in [0.717, 1.165) is 22.3 Å². The van der Waals surface area contributed by atoms with E-state index < -0.39 is 9.85 Å². The Morgan fingerprint density at radius 3 is 0.914 bits per heavy atom. The highest BCUT2D eigenvalue weighted by atomic mass is 16.6. The molecule has 4 aromatic carbocycles. The van der Waals surface area contributed by atoms with Crippen molar-refractivity contribution in [2.45, 2.75) is 53.4 Å². The summed E-state index contributed by atoms with van der Waals surface area (Å²) in [5.74, 6) is 2.12. The van der Waals surface area contributed by atoms with Gasteiger partial charge in [0.05, 0.1) is 36.3 Å². The van der Waals surface area contributed by atoms with Crippen molar-refractivity contribution in [2.75, 3.05) is 79.3 Å². The fourth-order valence-electron chi connectivity index (χ4n) is 6.99. The van der Waals surface area contributed by atoms with E-state index >= 15 is 0 Å². The molecule has 0 atom stereocenters. The van der Waals surface area contributed by atoms with Crippen molar-refractivity contribution in [3.63, 3.8) is 0 Å². The van der Waals surface area contributed by atoms with Crippen LogP contribution in [-0.2, 0) is 44.6 Å². The van der Waals surface area contributed by atoms with Crippen LogP contribution < -0.4 is 18.9 Å². The molecule has 312 valence electrons. The van der Waals surface area contributed by atoms with E-state index in [1.165, 1.54) is 24.3 Å². The number of hydrogen-bond donors (Lipinski definition) is 0. The van der Waals surface area contributed by atoms with Crippen molar-refractivity contribution in [1.29, 1.82) is 0 Å². The molecule has 58 heavy (non-hydrogen) atoms. The fraction of sp³-hybridized carbons (Fsp3) is 0.455. The number of para-hydroxylation sites is 2. The van der Waals surface area contributed by atoms with Gasteiger partial charge in [-0.25, -0.2) is 0 Å². The number of hydrogen-bond acceptors (Lipinski definition) is 12. The van der Waals surface area contributed by atoms with E-state index in [1.807, 2.05) is 64.1 Å². The lowest BCUT2D eigenvalue weighted by atomic mass is 9.90. The van der Waals surface area contributed by atoms with Crippen LogP contribution in [0.25, 0.3) is 0 Å². The van der Waals surface area contributed by atoms with Gasteiger partial charge in [-0.1, -0.05) is 36.4 Å². The van der Waals surface area contributed by atoms with Gasteiger partial charge in [-0.3, -0.25) is 20.2 Å². The monoisotopic (exact) mass is 802 g/mol. The number of benzene rings is 4. The highest BCUT2D eigenvalue weighted by molar-refractivity contribution is 5.60. The minimum atomic E-state index is -0.441. The molecule has 1 aliphatic rings. The maximum absolute atomic E-state index is 12.5. The van der Waals surface area contributed by atoms with Gasteiger partial charge in [-0.15, -0.1) is 0 Å². The van der Waals surface area contributed by atoms with E-state index in [4.69, 9.17) is 37.9 Å². The summed E-state index contributed by atoms with van der Waals surface area (Å²) in [7, 11) is 0. The normalized spacial score (nSPS) is 12.2. The summed E-state index contributed by atoms with van der Waals surface area (Å²) in [6.45, 7) is 11.9. The van der Waals surface area contributed by atoms with Gasteiger partial charge in [0.2, 0.25) is 0 Å². The van der Waals surface area contributed by atoms with Crippen LogP contribution in [0, 0.1) is 20.2 Å². The Hall–Kier alpha value is -5.28. The summed E-state index contributed by atoms with van der Waals surface area (Å²) >= 11 is 0. The van der Waals surface area contributed by atoms with E-state index in [1.54, 1.807) is 0 Å². The molecule has 0 aromatic heterocycles. The minimum absolute atomic E-state index is 0.0206. The number of nitrogens with zero attached hydrogens (tertiary/aromatic N) is 2. The standard InChI is InChI=1S/C44H54N2O12/c1-5-51-15-19-55-41-31-11-9-13-33(41)24-35-27-39(45(47)48)29-37(43(35)57-21-17-53-7-3)26-38-30-40(46(49)50)28-36(44(38)58-22-18-54-8-4)25-34-14-10-12-32(23-31)42(34)56-20-16-52-6-2/h9-14,27-30H,5-8,15-26H2,1-4H3. The lowest BCUT2D eigenvalue weighted by Gasteiger charge is -2.23. The Morgan fingerprint density at radius 1 is 0.414 bits per heavy atom. The molecule has 0 amide bonds. The molecule has 0 radical (unpaired) electrons. The molecule has 8 bridgehead atoms. The molecule has 0 spiro atoms. The minimum Gasteiger partial charge on any atom is -0.491 e. The van der Waals surface area contributed by atoms with E-state index in [-0.39, 0.29) is 70.3 Å². The number of nitro benzene ring substituents is 2. The highest BCUT2D eigenvalue weighted by Gasteiger charge is 2.26. The average molecular weight is 803 g/mol. The predicted octanol–water partition coefficient (Wildman–Crippen LogP) is 7.84. The smallest absolute Gasteiger partial charge is 0.270 e. The largest absolute Gasteiger partial charge is 0.491 e. The molecule has 0 saturated heterocycles. The summed E-state index contributed by atoms with van der Waals surface area (Å²) in [5, 5.41) is 25.1. The average Bonchev–Trinajstić information content (AvgIpc) is 3.20. The molecule has 14 nitrogen and oxygen atoms in total. The maximum atomic E-state index is 12.5. The van der Waals surface area contributed by atoms with Crippen LogP contribution in [0.2, 0.25) is 0 Å². The van der Waals surface area contributed by atoms with Gasteiger partial charge in [0.25, 0.3) is 11.4 Å². The zero-order valence-electron chi connectivity index (χ0n) is 33.9. The zero-order valence-corrected chi connectivity index (χ0v) is 33.9. The summed E-state index contributed by atoms with van der Waals surface area (Å²) in [6, 6.07) is 17.7. The van der Waals surface area contributed by atoms with Gasteiger partial charge in [-0.05, 0) is 49.9 Å². The van der Waals surface area contributed by atoms with Crippen molar-refractivity contribution in [2.24, 2.45) is 0 Å². The summed E-state index contributed by atoms with van der Waals surface area (Å²) in [4.78, 5) is 24.2. The summed E-state index contributed by atoms with van der Waals surface area (Å²) < 4.78 is 48.4. The Balaban J connectivity index is 1.80. The van der Waals surface area contributed by atoms with Crippen LogP contribution in [0.5, 0.6) is 23.0 Å². The number of nitro groups is 2. The fourth-order valence-corrected chi connectivity index (χ4v) is 6.99. The van der Waals surface area contributed by atoms with E-state index in [2.05, 4.69) is 0 Å². The highest BCUT2D eigenvalue weighted by Crippen LogP contribution is 2.41. The lowest BCUT2D eigenvalue weighted by Crippen LogP contribution is -2.14. The second-order valence-electron chi connectivity index (χ2n) is 13.4. The molecule has 0 heterocycles. The van der Waals surface area contributed by atoms with Crippen molar-refractivity contribution in [3.8, 4) is 23.0 Å². The molecular formula is C44H54N2O12. The van der Waals surface area contributed by atoms with Gasteiger partial charge >= 0.3 is 0 Å². The molecule has 4 aromatic rings. The quantitative estimate of drug-likeness (QED) is 0.0380. The molecule has 5 rings (SSSR count). The van der Waals surface area contributed by atoms with Gasteiger partial charge in [0.15, 0.2) is 0 Å². The van der Waals surface area contributed by atoms with Crippen molar-refractivity contribution in [1.82, 2.24) is 0 Å². The van der Waals surface area contributed by atoms with Crippen molar-refractivity contribution in [3.05, 3.63) is 125 Å². The molecule has 14 heteroatoms. The third kappa shape index (κ3) is 11.9.